The number of benzene rings is 2. The number of fused-ring (bicyclic) bond motifs is 1. The molecule has 0 bridgehead atoms. The zero-order valence-corrected chi connectivity index (χ0v) is 18.3. The number of carbonyl (C=O) groups excluding carboxylic acids is 2. The van der Waals surface area contributed by atoms with Gasteiger partial charge < -0.3 is 15.0 Å². The maximum absolute atomic E-state index is 13.3. The number of ether oxygens (including phenoxy) is 1. The first-order chi connectivity index (χ1) is 16.7. The Morgan fingerprint density at radius 1 is 1.20 bits per heavy atom. The van der Waals surface area contributed by atoms with Crippen LogP contribution in [0.1, 0.15) is 27.3 Å². The molecule has 2 amide bonds. The van der Waals surface area contributed by atoms with E-state index in [9.17, 15) is 22.8 Å². The largest absolute Gasteiger partial charge is 0.489 e. The van der Waals surface area contributed by atoms with Crippen LogP contribution in [0, 0.1) is 0 Å². The minimum absolute atomic E-state index is 0.0346. The molecule has 2 aromatic carbocycles. The average Bonchev–Trinajstić information content (AvgIpc) is 3.56. The van der Waals surface area contributed by atoms with Crippen molar-refractivity contribution in [1.29, 1.82) is 0 Å². The van der Waals surface area contributed by atoms with Gasteiger partial charge in [-0.25, -0.2) is 0 Å². The second-order valence-electron chi connectivity index (χ2n) is 8.23. The number of alkyl halides is 3. The zero-order valence-electron chi connectivity index (χ0n) is 18.3. The summed E-state index contributed by atoms with van der Waals surface area (Å²) in [6.45, 7) is -0.0486. The molecule has 180 valence electrons. The first-order valence-electron chi connectivity index (χ1n) is 10.6. The first kappa shape index (κ1) is 22.6. The highest BCUT2D eigenvalue weighted by atomic mass is 19.4. The number of aromatic nitrogens is 2. The number of carbonyl (C=O) groups is 2. The van der Waals surface area contributed by atoms with Gasteiger partial charge in [0.25, 0.3) is 11.8 Å². The normalized spacial score (nSPS) is 18.5. The lowest BCUT2D eigenvalue weighted by Gasteiger charge is -2.19. The van der Waals surface area contributed by atoms with E-state index in [2.05, 4.69) is 25.7 Å². The molecular weight excluding hydrogens is 465 g/mol. The maximum Gasteiger partial charge on any atom is 0.442 e. The number of halogens is 3. The van der Waals surface area contributed by atoms with Crippen LogP contribution in [0.2, 0.25) is 0 Å². The fraction of sp³-hybridized carbons (Fsp3) is 0.261. The standard InChI is InChI=1S/C23H19F3N6O3/c1-32-18-7-2-3-8-19(18)35-12-17(21(32)34)27-20(33)16-11-15(28-29-16)10-13-5-4-6-14(9-13)22(30-31-22)23(24,25)26/h2-9,11,17H,10,12H2,1H3,(H,27,33)(H,28,29)/t17-/m0/s1. The molecule has 12 heteroatoms. The zero-order chi connectivity index (χ0) is 24.8. The second kappa shape index (κ2) is 8.22. The third-order valence-electron chi connectivity index (χ3n) is 5.85. The van der Waals surface area contributed by atoms with E-state index in [4.69, 9.17) is 4.74 Å². The van der Waals surface area contributed by atoms with E-state index in [1.54, 1.807) is 37.4 Å². The van der Waals surface area contributed by atoms with Crippen molar-refractivity contribution >= 4 is 17.5 Å². The Bertz CT molecular complexity index is 1330. The van der Waals surface area contributed by atoms with Crippen molar-refractivity contribution in [2.45, 2.75) is 24.3 Å². The highest BCUT2D eigenvalue weighted by Gasteiger charge is 2.65. The Hall–Kier alpha value is -4.22. The SMILES string of the molecule is CN1C(=O)[C@@H](NC(=O)c2cc(Cc3cccc(C4(C(F)(F)F)N=N4)c3)[nH]n2)COc2ccccc21. The molecule has 9 nitrogen and oxygen atoms in total. The molecule has 0 saturated carbocycles. The number of anilines is 1. The third-order valence-corrected chi connectivity index (χ3v) is 5.85. The van der Waals surface area contributed by atoms with Gasteiger partial charge in [-0.2, -0.15) is 18.3 Å². The van der Waals surface area contributed by atoms with E-state index in [1.165, 1.54) is 29.2 Å². The van der Waals surface area contributed by atoms with Crippen LogP contribution in [0.3, 0.4) is 0 Å². The van der Waals surface area contributed by atoms with E-state index in [1.807, 2.05) is 0 Å². The summed E-state index contributed by atoms with van der Waals surface area (Å²) in [5, 5.41) is 15.8. The summed E-state index contributed by atoms with van der Waals surface area (Å²) in [6, 6.07) is 13.5. The van der Waals surface area contributed by atoms with Crippen molar-refractivity contribution < 1.29 is 27.5 Å². The minimum Gasteiger partial charge on any atom is -0.489 e. The van der Waals surface area contributed by atoms with Crippen molar-refractivity contribution in [2.75, 3.05) is 18.6 Å². The lowest BCUT2D eigenvalue weighted by molar-refractivity contribution is -0.166. The van der Waals surface area contributed by atoms with Gasteiger partial charge in [-0.1, -0.05) is 36.4 Å². The van der Waals surface area contributed by atoms with Crippen molar-refractivity contribution in [3.05, 3.63) is 77.1 Å². The summed E-state index contributed by atoms with van der Waals surface area (Å²) in [6.07, 6.45) is -4.41. The van der Waals surface area contributed by atoms with Gasteiger partial charge in [-0.15, -0.1) is 10.2 Å². The Balaban J connectivity index is 1.26. The average molecular weight is 484 g/mol. The van der Waals surface area contributed by atoms with E-state index in [-0.39, 0.29) is 30.2 Å². The molecule has 2 aliphatic rings. The van der Waals surface area contributed by atoms with Crippen LogP contribution < -0.4 is 15.0 Å². The van der Waals surface area contributed by atoms with Crippen LogP contribution in [-0.2, 0) is 16.9 Å². The van der Waals surface area contributed by atoms with Gasteiger partial charge in [0, 0.05) is 24.7 Å². The van der Waals surface area contributed by atoms with Crippen LogP contribution in [0.15, 0.2) is 64.8 Å². The summed E-state index contributed by atoms with van der Waals surface area (Å²) in [5.74, 6) is -0.400. The van der Waals surface area contributed by atoms with Gasteiger partial charge in [0.2, 0.25) is 0 Å². The fourth-order valence-electron chi connectivity index (χ4n) is 3.92. The molecule has 0 spiro atoms. The molecule has 3 heterocycles. The van der Waals surface area contributed by atoms with E-state index < -0.39 is 23.8 Å². The van der Waals surface area contributed by atoms with Crippen LogP contribution in [0.5, 0.6) is 5.75 Å². The van der Waals surface area contributed by atoms with E-state index >= 15 is 0 Å². The van der Waals surface area contributed by atoms with Crippen LogP contribution in [0.4, 0.5) is 18.9 Å². The predicted octanol–water partition coefficient (Wildman–Crippen LogP) is 3.34. The topological polar surface area (TPSA) is 112 Å². The van der Waals surface area contributed by atoms with Gasteiger partial charge in [-0.3, -0.25) is 14.7 Å². The van der Waals surface area contributed by atoms with Crippen molar-refractivity contribution in [3.63, 3.8) is 0 Å². The number of rotatable bonds is 5. The van der Waals surface area contributed by atoms with Crippen molar-refractivity contribution in [3.8, 4) is 5.75 Å². The molecule has 2 N–H and O–H groups in total. The Morgan fingerprint density at radius 3 is 2.71 bits per heavy atom. The van der Waals surface area contributed by atoms with Gasteiger partial charge in [0.05, 0.1) is 5.69 Å². The number of hydrogen-bond donors (Lipinski definition) is 2. The molecule has 1 atom stereocenters. The minimum atomic E-state index is -4.61. The van der Waals surface area contributed by atoms with E-state index in [0.717, 1.165) is 0 Å². The van der Waals surface area contributed by atoms with Crippen LogP contribution in [0.25, 0.3) is 0 Å². The summed E-state index contributed by atoms with van der Waals surface area (Å²) in [4.78, 5) is 27.0. The molecular formula is C23H19F3N6O3. The number of nitrogens with one attached hydrogen (secondary N) is 2. The highest BCUT2D eigenvalue weighted by molar-refractivity contribution is 6.02. The highest BCUT2D eigenvalue weighted by Crippen LogP contribution is 2.52. The number of H-pyrrole nitrogens is 1. The number of nitrogens with zero attached hydrogens (tertiary/aromatic N) is 4. The lowest BCUT2D eigenvalue weighted by Crippen LogP contribution is -2.49. The molecule has 3 aromatic rings. The van der Waals surface area contributed by atoms with Gasteiger partial charge in [0.15, 0.2) is 0 Å². The Morgan fingerprint density at radius 2 is 1.97 bits per heavy atom. The van der Waals surface area contributed by atoms with Gasteiger partial charge >= 0.3 is 11.8 Å². The van der Waals surface area contributed by atoms with Crippen molar-refractivity contribution in [1.82, 2.24) is 15.5 Å². The Kier molecular flexibility index (Phi) is 5.30. The molecule has 35 heavy (non-hydrogen) atoms. The third kappa shape index (κ3) is 4.11. The van der Waals surface area contributed by atoms with Crippen molar-refractivity contribution in [2.24, 2.45) is 10.2 Å². The molecule has 0 fully saturated rings. The number of para-hydroxylation sites is 2. The lowest BCUT2D eigenvalue weighted by atomic mass is 9.98. The first-order valence-corrected chi connectivity index (χ1v) is 10.6. The number of amides is 2. The quantitative estimate of drug-likeness (QED) is 0.579. The molecule has 0 radical (unpaired) electrons. The number of aromatic amines is 1. The summed E-state index contributed by atoms with van der Waals surface area (Å²) < 4.78 is 45.6. The van der Waals surface area contributed by atoms with Crippen LogP contribution in [-0.4, -0.2) is 47.9 Å². The predicted molar refractivity (Wildman–Crippen MR) is 117 cm³/mol. The summed E-state index contributed by atoms with van der Waals surface area (Å²) in [5.41, 5.74) is -0.874. The molecule has 1 aromatic heterocycles. The van der Waals surface area contributed by atoms with Gasteiger partial charge in [0.1, 0.15) is 24.1 Å². The number of likely N-dealkylation sites (N-methyl/N-ethyl adjacent to an activating group) is 1. The fourth-order valence-corrected chi connectivity index (χ4v) is 3.92. The summed E-state index contributed by atoms with van der Waals surface area (Å²) in [7, 11) is 1.60. The second-order valence-corrected chi connectivity index (χ2v) is 8.23. The van der Waals surface area contributed by atoms with Gasteiger partial charge in [-0.05, 0) is 23.8 Å². The molecule has 2 aliphatic heterocycles. The molecule has 0 saturated heterocycles. The monoisotopic (exact) mass is 484 g/mol. The smallest absolute Gasteiger partial charge is 0.442 e. The number of hydrogen-bond acceptors (Lipinski definition) is 6. The Labute approximate surface area is 197 Å². The molecule has 0 aliphatic carbocycles. The summed E-state index contributed by atoms with van der Waals surface area (Å²) >= 11 is 0. The molecule has 0 unspecified atom stereocenters. The maximum atomic E-state index is 13.3. The van der Waals surface area contributed by atoms with Crippen LogP contribution >= 0.6 is 0 Å². The van der Waals surface area contributed by atoms with E-state index in [0.29, 0.717) is 22.7 Å². The molecule has 5 rings (SSSR count).